The van der Waals surface area contributed by atoms with Crippen molar-refractivity contribution >= 4 is 17.6 Å². The standard InChI is InChI=1S/C25H27FN4O3/c1-25(2,3)30-22(17-6-8-19(26)9-7-17)12-21(28-30)23(31)27-20-10-4-16(5-11-20)13-29-14-18(15-29)24(32)33/h4-12,18H,13-15H2,1-3H3,(H,27,31)(H,32,33). The molecule has 4 rings (SSSR count). The summed E-state index contributed by atoms with van der Waals surface area (Å²) in [6.07, 6.45) is 0. The van der Waals surface area contributed by atoms with Gasteiger partial charge in [-0.3, -0.25) is 19.2 Å². The lowest BCUT2D eigenvalue weighted by Gasteiger charge is -2.36. The Labute approximate surface area is 191 Å². The van der Waals surface area contributed by atoms with Crippen LogP contribution in [0.15, 0.2) is 54.6 Å². The summed E-state index contributed by atoms with van der Waals surface area (Å²) >= 11 is 0. The number of aliphatic carboxylic acids is 1. The molecule has 1 aromatic heterocycles. The summed E-state index contributed by atoms with van der Waals surface area (Å²) in [5.74, 6) is -1.68. The van der Waals surface area contributed by atoms with Crippen LogP contribution in [0.3, 0.4) is 0 Å². The predicted octanol–water partition coefficient (Wildman–Crippen LogP) is 4.21. The van der Waals surface area contributed by atoms with Gasteiger partial charge in [0.15, 0.2) is 5.69 Å². The van der Waals surface area contributed by atoms with Gasteiger partial charge < -0.3 is 10.4 Å². The number of hydrogen-bond donors (Lipinski definition) is 2. The van der Waals surface area contributed by atoms with Gasteiger partial charge in [-0.05, 0) is 68.8 Å². The van der Waals surface area contributed by atoms with Gasteiger partial charge in [0.1, 0.15) is 5.82 Å². The van der Waals surface area contributed by atoms with Crippen LogP contribution in [0.1, 0.15) is 36.8 Å². The summed E-state index contributed by atoms with van der Waals surface area (Å²) in [4.78, 5) is 25.9. The van der Waals surface area contributed by atoms with Crippen LogP contribution in [0, 0.1) is 11.7 Å². The van der Waals surface area contributed by atoms with E-state index in [1.165, 1.54) is 12.1 Å². The average Bonchev–Trinajstić information content (AvgIpc) is 3.18. The second-order valence-electron chi connectivity index (χ2n) is 9.38. The molecule has 33 heavy (non-hydrogen) atoms. The Morgan fingerprint density at radius 3 is 2.30 bits per heavy atom. The minimum absolute atomic E-state index is 0.272. The zero-order chi connectivity index (χ0) is 23.8. The molecule has 1 aliphatic heterocycles. The normalized spacial score (nSPS) is 14.7. The molecule has 0 spiro atoms. The molecular weight excluding hydrogens is 423 g/mol. The maximum absolute atomic E-state index is 13.4. The summed E-state index contributed by atoms with van der Waals surface area (Å²) in [5, 5.41) is 16.4. The Morgan fingerprint density at radius 1 is 1.09 bits per heavy atom. The second kappa shape index (κ2) is 8.78. The van der Waals surface area contributed by atoms with Crippen molar-refractivity contribution < 1.29 is 19.1 Å². The highest BCUT2D eigenvalue weighted by atomic mass is 19.1. The number of carboxylic acids is 1. The van der Waals surface area contributed by atoms with Crippen molar-refractivity contribution in [3.63, 3.8) is 0 Å². The molecule has 0 bridgehead atoms. The molecule has 3 aromatic rings. The molecule has 1 aliphatic rings. The molecule has 1 amide bonds. The number of carboxylic acid groups (broad SMARTS) is 1. The fourth-order valence-corrected chi connectivity index (χ4v) is 3.83. The summed E-state index contributed by atoms with van der Waals surface area (Å²) in [5.41, 5.74) is 3.10. The first-order chi connectivity index (χ1) is 15.6. The molecule has 0 atom stereocenters. The largest absolute Gasteiger partial charge is 0.481 e. The third-order valence-corrected chi connectivity index (χ3v) is 5.64. The fourth-order valence-electron chi connectivity index (χ4n) is 3.83. The van der Waals surface area contributed by atoms with Crippen molar-refractivity contribution in [1.29, 1.82) is 0 Å². The summed E-state index contributed by atoms with van der Waals surface area (Å²) < 4.78 is 15.1. The minimum Gasteiger partial charge on any atom is -0.481 e. The molecule has 7 nitrogen and oxygen atoms in total. The SMILES string of the molecule is CC(C)(C)n1nc(C(=O)Nc2ccc(CN3CC(C(=O)O)C3)cc2)cc1-c1ccc(F)cc1. The number of anilines is 1. The average molecular weight is 451 g/mol. The van der Waals surface area contributed by atoms with Crippen LogP contribution in [0.4, 0.5) is 10.1 Å². The van der Waals surface area contributed by atoms with Crippen LogP contribution < -0.4 is 5.32 Å². The lowest BCUT2D eigenvalue weighted by Crippen LogP contribution is -2.49. The van der Waals surface area contributed by atoms with Crippen LogP contribution in [0.5, 0.6) is 0 Å². The molecule has 172 valence electrons. The summed E-state index contributed by atoms with van der Waals surface area (Å²) in [6, 6.07) is 15.3. The van der Waals surface area contributed by atoms with Gasteiger partial charge in [0.2, 0.25) is 0 Å². The lowest BCUT2D eigenvalue weighted by molar-refractivity contribution is -0.147. The number of benzene rings is 2. The molecule has 0 unspecified atom stereocenters. The van der Waals surface area contributed by atoms with Crippen LogP contribution in [0.25, 0.3) is 11.3 Å². The summed E-state index contributed by atoms with van der Waals surface area (Å²) in [6.45, 7) is 7.76. The Kier molecular flexibility index (Phi) is 6.03. The number of likely N-dealkylation sites (tertiary alicyclic amines) is 1. The van der Waals surface area contributed by atoms with Crippen molar-refractivity contribution in [3.8, 4) is 11.3 Å². The van der Waals surface area contributed by atoms with Crippen molar-refractivity contribution in [3.05, 3.63) is 71.7 Å². The van der Waals surface area contributed by atoms with Crippen molar-refractivity contribution in [2.45, 2.75) is 32.9 Å². The third-order valence-electron chi connectivity index (χ3n) is 5.64. The molecular formula is C25H27FN4O3. The molecule has 1 fully saturated rings. The molecule has 8 heteroatoms. The van der Waals surface area contributed by atoms with E-state index in [9.17, 15) is 14.0 Å². The predicted molar refractivity (Wildman–Crippen MR) is 123 cm³/mol. The number of carbonyl (C=O) groups is 2. The molecule has 2 aromatic carbocycles. The molecule has 0 radical (unpaired) electrons. The fraction of sp³-hybridized carbons (Fsp3) is 0.320. The van der Waals surface area contributed by atoms with Crippen LogP contribution in [-0.4, -0.2) is 44.8 Å². The van der Waals surface area contributed by atoms with Gasteiger partial charge in [0.05, 0.1) is 17.2 Å². The molecule has 0 saturated carbocycles. The van der Waals surface area contributed by atoms with E-state index in [0.29, 0.717) is 25.3 Å². The number of carbonyl (C=O) groups excluding carboxylic acids is 1. The molecule has 0 aliphatic carbocycles. The number of aromatic nitrogens is 2. The van der Waals surface area contributed by atoms with Crippen LogP contribution in [-0.2, 0) is 16.9 Å². The quantitative estimate of drug-likeness (QED) is 0.587. The minimum atomic E-state index is -0.749. The lowest BCUT2D eigenvalue weighted by atomic mass is 9.99. The second-order valence-corrected chi connectivity index (χ2v) is 9.38. The smallest absolute Gasteiger partial charge is 0.309 e. The first-order valence-electron chi connectivity index (χ1n) is 10.8. The zero-order valence-electron chi connectivity index (χ0n) is 18.9. The van der Waals surface area contributed by atoms with Crippen molar-refractivity contribution in [2.24, 2.45) is 5.92 Å². The highest BCUT2D eigenvalue weighted by Crippen LogP contribution is 2.27. The maximum Gasteiger partial charge on any atom is 0.309 e. The van der Waals surface area contributed by atoms with Crippen LogP contribution >= 0.6 is 0 Å². The number of hydrogen-bond acceptors (Lipinski definition) is 4. The van der Waals surface area contributed by atoms with Crippen LogP contribution in [0.2, 0.25) is 0 Å². The van der Waals surface area contributed by atoms with Gasteiger partial charge in [0, 0.05) is 30.9 Å². The number of nitrogens with zero attached hydrogens (tertiary/aromatic N) is 3. The monoisotopic (exact) mass is 450 g/mol. The Hall–Kier alpha value is -3.52. The highest BCUT2D eigenvalue weighted by molar-refractivity contribution is 6.03. The first-order valence-corrected chi connectivity index (χ1v) is 10.8. The molecule has 1 saturated heterocycles. The van der Waals surface area contributed by atoms with Gasteiger partial charge in [-0.1, -0.05) is 12.1 Å². The number of amides is 1. The van der Waals surface area contributed by atoms with E-state index in [-0.39, 0.29) is 28.9 Å². The number of halogens is 1. The highest BCUT2D eigenvalue weighted by Gasteiger charge is 2.32. The van der Waals surface area contributed by atoms with Gasteiger partial charge >= 0.3 is 5.97 Å². The summed E-state index contributed by atoms with van der Waals surface area (Å²) in [7, 11) is 0. The van der Waals surface area contributed by atoms with Gasteiger partial charge in [-0.2, -0.15) is 5.10 Å². The Balaban J connectivity index is 1.46. The van der Waals surface area contributed by atoms with E-state index in [1.54, 1.807) is 22.9 Å². The zero-order valence-corrected chi connectivity index (χ0v) is 18.9. The van der Waals surface area contributed by atoms with E-state index in [2.05, 4.69) is 15.3 Å². The topological polar surface area (TPSA) is 87.5 Å². The van der Waals surface area contributed by atoms with E-state index in [4.69, 9.17) is 5.11 Å². The van der Waals surface area contributed by atoms with E-state index >= 15 is 0 Å². The van der Waals surface area contributed by atoms with Gasteiger partial charge in [0.25, 0.3) is 5.91 Å². The first kappa shape index (κ1) is 22.7. The van der Waals surface area contributed by atoms with E-state index < -0.39 is 5.97 Å². The van der Waals surface area contributed by atoms with Gasteiger partial charge in [-0.15, -0.1) is 0 Å². The van der Waals surface area contributed by atoms with Gasteiger partial charge in [-0.25, -0.2) is 4.39 Å². The Bertz CT molecular complexity index is 1160. The van der Waals surface area contributed by atoms with E-state index in [0.717, 1.165) is 16.8 Å². The number of nitrogens with one attached hydrogen (secondary N) is 1. The van der Waals surface area contributed by atoms with Crippen molar-refractivity contribution in [2.75, 3.05) is 18.4 Å². The molecule has 2 N–H and O–H groups in total. The third kappa shape index (κ3) is 5.12. The molecule has 2 heterocycles. The van der Waals surface area contributed by atoms with E-state index in [1.807, 2.05) is 45.0 Å². The Morgan fingerprint density at radius 2 is 1.73 bits per heavy atom. The van der Waals surface area contributed by atoms with Crippen molar-refractivity contribution in [1.82, 2.24) is 14.7 Å². The maximum atomic E-state index is 13.4. The number of rotatable bonds is 6.